The Morgan fingerprint density at radius 1 is 1.44 bits per heavy atom. The van der Waals surface area contributed by atoms with E-state index < -0.39 is 0 Å². The number of para-hydroxylation sites is 1. The number of fused-ring (bicyclic) bond motifs is 1. The van der Waals surface area contributed by atoms with Gasteiger partial charge in [-0.3, -0.25) is 0 Å². The number of halogens is 1. The Bertz CT molecular complexity index is 650. The van der Waals surface area contributed by atoms with Gasteiger partial charge >= 0.3 is 0 Å². The Kier molecular flexibility index (Phi) is 3.53. The van der Waals surface area contributed by atoms with Crippen molar-refractivity contribution in [3.8, 4) is 0 Å². The number of aliphatic imine (C=N–C) groups is 1. The van der Waals surface area contributed by atoms with Crippen LogP contribution in [0.3, 0.4) is 0 Å². The van der Waals surface area contributed by atoms with Gasteiger partial charge in [0.05, 0.1) is 5.71 Å². The second-order valence-corrected chi connectivity index (χ2v) is 4.34. The SMILES string of the molecule is C=C(Cl)N=C(/C=C\N)c1cn(C)c2ccccc12. The summed E-state index contributed by atoms with van der Waals surface area (Å²) >= 11 is 5.75. The Labute approximate surface area is 111 Å². The second-order valence-electron chi connectivity index (χ2n) is 3.90. The van der Waals surface area contributed by atoms with E-state index in [1.807, 2.05) is 36.0 Å². The van der Waals surface area contributed by atoms with Gasteiger partial charge in [0.25, 0.3) is 0 Å². The van der Waals surface area contributed by atoms with Crippen LogP contribution in [0.2, 0.25) is 0 Å². The molecular weight excluding hydrogens is 246 g/mol. The van der Waals surface area contributed by atoms with Gasteiger partial charge in [0.15, 0.2) is 0 Å². The summed E-state index contributed by atoms with van der Waals surface area (Å²) < 4.78 is 2.04. The summed E-state index contributed by atoms with van der Waals surface area (Å²) in [5.41, 5.74) is 8.27. The van der Waals surface area contributed by atoms with E-state index in [0.717, 1.165) is 16.5 Å². The summed E-state index contributed by atoms with van der Waals surface area (Å²) in [5.74, 6) is 0. The van der Waals surface area contributed by atoms with Gasteiger partial charge in [-0.25, -0.2) is 4.99 Å². The molecule has 92 valence electrons. The highest BCUT2D eigenvalue weighted by Gasteiger charge is 2.09. The number of hydrogen-bond acceptors (Lipinski definition) is 2. The fourth-order valence-electron chi connectivity index (χ4n) is 1.95. The lowest BCUT2D eigenvalue weighted by Crippen LogP contribution is -1.97. The number of nitrogens with zero attached hydrogens (tertiary/aromatic N) is 2. The predicted octanol–water partition coefficient (Wildman–Crippen LogP) is 3.15. The fourth-order valence-corrected chi connectivity index (χ4v) is 2.05. The molecule has 0 aliphatic carbocycles. The topological polar surface area (TPSA) is 43.3 Å². The Hall–Kier alpha value is -2.00. The van der Waals surface area contributed by atoms with Crippen LogP contribution in [0.5, 0.6) is 0 Å². The molecule has 0 spiro atoms. The third kappa shape index (κ3) is 2.31. The molecule has 2 rings (SSSR count). The third-order valence-corrected chi connectivity index (χ3v) is 2.75. The van der Waals surface area contributed by atoms with Crippen molar-refractivity contribution in [2.45, 2.75) is 0 Å². The summed E-state index contributed by atoms with van der Waals surface area (Å²) in [5, 5.41) is 1.34. The molecule has 0 unspecified atom stereocenters. The van der Waals surface area contributed by atoms with Crippen LogP contribution in [-0.2, 0) is 7.05 Å². The zero-order valence-electron chi connectivity index (χ0n) is 10.1. The number of aryl methyl sites for hydroxylation is 1. The van der Waals surface area contributed by atoms with E-state index in [0.29, 0.717) is 5.71 Å². The van der Waals surface area contributed by atoms with Gasteiger partial charge < -0.3 is 10.3 Å². The summed E-state index contributed by atoms with van der Waals surface area (Å²) in [7, 11) is 1.99. The van der Waals surface area contributed by atoms with Gasteiger partial charge in [-0.05, 0) is 18.3 Å². The number of hydrogen-bond donors (Lipinski definition) is 1. The van der Waals surface area contributed by atoms with E-state index in [2.05, 4.69) is 17.6 Å². The molecule has 0 aliphatic rings. The van der Waals surface area contributed by atoms with E-state index in [-0.39, 0.29) is 5.16 Å². The van der Waals surface area contributed by atoms with Crippen molar-refractivity contribution in [1.29, 1.82) is 0 Å². The lowest BCUT2D eigenvalue weighted by atomic mass is 10.1. The van der Waals surface area contributed by atoms with E-state index in [1.165, 1.54) is 6.20 Å². The molecule has 0 radical (unpaired) electrons. The minimum atomic E-state index is 0.232. The zero-order valence-corrected chi connectivity index (χ0v) is 10.9. The maximum atomic E-state index is 5.75. The molecule has 0 bridgehead atoms. The van der Waals surface area contributed by atoms with E-state index >= 15 is 0 Å². The molecule has 0 fully saturated rings. The fraction of sp³-hybridized carbons (Fsp3) is 0.0714. The molecule has 2 aromatic rings. The molecule has 1 heterocycles. The van der Waals surface area contributed by atoms with Crippen LogP contribution in [0.25, 0.3) is 10.9 Å². The molecule has 4 heteroatoms. The number of aromatic nitrogens is 1. The second kappa shape index (κ2) is 5.10. The lowest BCUT2D eigenvalue weighted by Gasteiger charge is -1.99. The molecule has 0 amide bonds. The van der Waals surface area contributed by atoms with Crippen molar-refractivity contribution < 1.29 is 0 Å². The number of rotatable bonds is 3. The molecule has 1 aromatic heterocycles. The summed E-state index contributed by atoms with van der Waals surface area (Å²) in [6.45, 7) is 3.59. The summed E-state index contributed by atoms with van der Waals surface area (Å²) in [6.07, 6.45) is 5.17. The maximum absolute atomic E-state index is 5.75. The molecule has 3 nitrogen and oxygen atoms in total. The first kappa shape index (κ1) is 12.5. The average molecular weight is 260 g/mol. The first-order chi connectivity index (χ1) is 8.63. The summed E-state index contributed by atoms with van der Waals surface area (Å²) in [4.78, 5) is 4.21. The van der Waals surface area contributed by atoms with Gasteiger partial charge in [-0.2, -0.15) is 0 Å². The molecule has 2 N–H and O–H groups in total. The van der Waals surface area contributed by atoms with Crippen LogP contribution < -0.4 is 5.73 Å². The van der Waals surface area contributed by atoms with Crippen molar-refractivity contribution in [1.82, 2.24) is 4.57 Å². The quantitative estimate of drug-likeness (QED) is 0.668. The molecule has 0 saturated carbocycles. The standard InChI is InChI=1S/C14H14ClN3/c1-10(15)17-13(7-8-16)12-9-18(2)14-6-4-3-5-11(12)14/h3-9H,1,16H2,2H3/b8-7-,17-13?. The largest absolute Gasteiger partial charge is 0.405 e. The van der Waals surface area contributed by atoms with Crippen molar-refractivity contribution in [3.63, 3.8) is 0 Å². The molecular formula is C14H14ClN3. The number of allylic oxidation sites excluding steroid dienone is 1. The average Bonchev–Trinajstić information content (AvgIpc) is 2.67. The summed E-state index contributed by atoms with van der Waals surface area (Å²) in [6, 6.07) is 8.09. The first-order valence-electron chi connectivity index (χ1n) is 5.49. The first-order valence-corrected chi connectivity index (χ1v) is 5.87. The predicted molar refractivity (Wildman–Crippen MR) is 77.8 cm³/mol. The van der Waals surface area contributed by atoms with Crippen molar-refractivity contribution in [2.24, 2.45) is 17.8 Å². The Balaban J connectivity index is 2.69. The van der Waals surface area contributed by atoms with Crippen LogP contribution in [0.1, 0.15) is 5.56 Å². The van der Waals surface area contributed by atoms with Crippen molar-refractivity contribution >= 4 is 28.2 Å². The van der Waals surface area contributed by atoms with E-state index in [4.69, 9.17) is 17.3 Å². The smallest absolute Gasteiger partial charge is 0.122 e. The zero-order chi connectivity index (χ0) is 13.1. The van der Waals surface area contributed by atoms with Crippen LogP contribution in [-0.4, -0.2) is 10.3 Å². The van der Waals surface area contributed by atoms with Gasteiger partial charge in [0, 0.05) is 29.7 Å². The van der Waals surface area contributed by atoms with E-state index in [1.54, 1.807) is 6.08 Å². The third-order valence-electron chi connectivity index (χ3n) is 2.67. The lowest BCUT2D eigenvalue weighted by molar-refractivity contribution is 0.968. The van der Waals surface area contributed by atoms with Crippen molar-refractivity contribution in [3.05, 3.63) is 60.0 Å². The maximum Gasteiger partial charge on any atom is 0.122 e. The highest BCUT2D eigenvalue weighted by atomic mass is 35.5. The normalized spacial score (nSPS) is 12.4. The van der Waals surface area contributed by atoms with Crippen LogP contribution in [0.15, 0.2) is 59.5 Å². The van der Waals surface area contributed by atoms with E-state index in [9.17, 15) is 0 Å². The number of benzene rings is 1. The molecule has 18 heavy (non-hydrogen) atoms. The molecule has 1 aromatic carbocycles. The Morgan fingerprint density at radius 2 is 2.17 bits per heavy atom. The van der Waals surface area contributed by atoms with Gasteiger partial charge in [-0.15, -0.1) is 0 Å². The minimum Gasteiger partial charge on any atom is -0.405 e. The van der Waals surface area contributed by atoms with Crippen LogP contribution >= 0.6 is 11.6 Å². The van der Waals surface area contributed by atoms with Crippen molar-refractivity contribution in [2.75, 3.05) is 0 Å². The van der Waals surface area contributed by atoms with Gasteiger partial charge in [-0.1, -0.05) is 36.4 Å². The Morgan fingerprint density at radius 3 is 2.83 bits per heavy atom. The highest BCUT2D eigenvalue weighted by Crippen LogP contribution is 2.22. The number of nitrogens with two attached hydrogens (primary N) is 1. The van der Waals surface area contributed by atoms with Gasteiger partial charge in [0.1, 0.15) is 5.16 Å². The minimum absolute atomic E-state index is 0.232. The van der Waals surface area contributed by atoms with Crippen LogP contribution in [0.4, 0.5) is 0 Å². The van der Waals surface area contributed by atoms with Gasteiger partial charge in [0.2, 0.25) is 0 Å². The monoisotopic (exact) mass is 259 g/mol. The van der Waals surface area contributed by atoms with Crippen LogP contribution in [0, 0.1) is 0 Å². The molecule has 0 saturated heterocycles. The molecule has 0 aliphatic heterocycles. The molecule has 0 atom stereocenters. The highest BCUT2D eigenvalue weighted by molar-refractivity contribution is 6.30.